The van der Waals surface area contributed by atoms with Gasteiger partial charge in [-0.3, -0.25) is 19.5 Å². The lowest BCUT2D eigenvalue weighted by Crippen LogP contribution is -2.58. The van der Waals surface area contributed by atoms with Crippen molar-refractivity contribution in [3.05, 3.63) is 90.1 Å². The lowest BCUT2D eigenvalue weighted by atomic mass is 9.84. The number of aliphatic hydroxyl groups excluding tert-OH is 1. The lowest BCUT2D eigenvalue weighted by Gasteiger charge is -2.37. The van der Waals surface area contributed by atoms with Crippen molar-refractivity contribution < 1.29 is 33.0 Å². The second-order valence-corrected chi connectivity index (χ2v) is 17.8. The summed E-state index contributed by atoms with van der Waals surface area (Å²) in [5.41, 5.74) is 2.14. The molecule has 0 radical (unpaired) electrons. The van der Waals surface area contributed by atoms with Gasteiger partial charge in [0.05, 0.1) is 30.1 Å². The molecule has 0 saturated heterocycles. The first-order chi connectivity index (χ1) is 25.2. The van der Waals surface area contributed by atoms with Gasteiger partial charge in [-0.15, -0.1) is 0 Å². The summed E-state index contributed by atoms with van der Waals surface area (Å²) in [6.07, 6.45) is 1.02. The molecule has 6 N–H and O–H groups in total. The summed E-state index contributed by atoms with van der Waals surface area (Å²) >= 11 is 0. The minimum absolute atomic E-state index is 0.0328. The Morgan fingerprint density at radius 3 is 1.94 bits per heavy atom. The average molecular weight is 767 g/mol. The Balaban J connectivity index is 1.94. The minimum atomic E-state index is -3.41. The third kappa shape index (κ3) is 14.1. The molecule has 13 nitrogen and oxygen atoms in total. The smallest absolute Gasteiger partial charge is 0.407 e. The van der Waals surface area contributed by atoms with Crippen LogP contribution in [0, 0.1) is 10.8 Å². The van der Waals surface area contributed by atoms with Crippen LogP contribution >= 0.6 is 0 Å². The number of carbonyl (C=O) groups excluding carboxylic acids is 2. The first-order valence-electron chi connectivity index (χ1n) is 18.1. The number of likely N-dealkylation sites (N-methyl/N-ethyl adjacent to an activating group) is 1. The van der Waals surface area contributed by atoms with Crippen LogP contribution in [-0.4, -0.2) is 103 Å². The molecule has 2 aromatic carbocycles. The van der Waals surface area contributed by atoms with Crippen LogP contribution in [0.1, 0.15) is 59.1 Å². The Labute approximate surface area is 320 Å². The van der Waals surface area contributed by atoms with Gasteiger partial charge in [-0.2, -0.15) is 0 Å². The van der Waals surface area contributed by atoms with Crippen LogP contribution in [0.25, 0.3) is 11.3 Å². The fourth-order valence-corrected chi connectivity index (χ4v) is 6.95. The molecule has 0 aliphatic heterocycles. The number of aliphatic hydroxyl groups is 1. The van der Waals surface area contributed by atoms with Gasteiger partial charge in [0.25, 0.3) is 0 Å². The van der Waals surface area contributed by atoms with Crippen LogP contribution in [0.2, 0.25) is 0 Å². The Hall–Kier alpha value is -4.37. The van der Waals surface area contributed by atoms with E-state index in [1.54, 1.807) is 27.0 Å². The zero-order chi connectivity index (χ0) is 40.3. The van der Waals surface area contributed by atoms with Crippen molar-refractivity contribution in [1.29, 1.82) is 0 Å². The highest BCUT2D eigenvalue weighted by Gasteiger charge is 2.39. The molecule has 3 amide bonds. The Kier molecular flexibility index (Phi) is 15.7. The largest absolute Gasteiger partial charge is 0.465 e. The van der Waals surface area contributed by atoms with Crippen LogP contribution in [-0.2, 0) is 32.5 Å². The minimum Gasteiger partial charge on any atom is -0.465 e. The fraction of sp³-hybridized carbons (Fsp3) is 0.500. The Morgan fingerprint density at radius 2 is 1.41 bits per heavy atom. The van der Waals surface area contributed by atoms with Gasteiger partial charge >= 0.3 is 6.09 Å². The van der Waals surface area contributed by atoms with Crippen molar-refractivity contribution in [2.24, 2.45) is 10.8 Å². The van der Waals surface area contributed by atoms with Gasteiger partial charge in [0.15, 0.2) is 0 Å². The summed E-state index contributed by atoms with van der Waals surface area (Å²) < 4.78 is 25.6. The number of benzene rings is 2. The van der Waals surface area contributed by atoms with E-state index < -0.39 is 63.1 Å². The monoisotopic (exact) mass is 766 g/mol. The fourth-order valence-electron chi connectivity index (χ4n) is 6.48. The first-order valence-corrected chi connectivity index (χ1v) is 20.0. The van der Waals surface area contributed by atoms with Gasteiger partial charge in [-0.05, 0) is 53.4 Å². The molecule has 0 fully saturated rings. The van der Waals surface area contributed by atoms with E-state index in [2.05, 4.69) is 25.7 Å². The van der Waals surface area contributed by atoms with Crippen LogP contribution in [0.4, 0.5) is 4.79 Å². The van der Waals surface area contributed by atoms with Crippen molar-refractivity contribution in [2.75, 3.05) is 26.4 Å². The molecule has 0 unspecified atom stereocenters. The quantitative estimate of drug-likeness (QED) is 0.105. The Bertz CT molecular complexity index is 1760. The van der Waals surface area contributed by atoms with Crippen LogP contribution in [0.5, 0.6) is 0 Å². The molecule has 296 valence electrons. The van der Waals surface area contributed by atoms with Gasteiger partial charge in [0.2, 0.25) is 21.8 Å². The summed E-state index contributed by atoms with van der Waals surface area (Å²) in [4.78, 5) is 45.4. The highest BCUT2D eigenvalue weighted by molar-refractivity contribution is 7.88. The molecule has 1 aromatic heterocycles. The van der Waals surface area contributed by atoms with E-state index in [9.17, 15) is 33.0 Å². The summed E-state index contributed by atoms with van der Waals surface area (Å²) in [6.45, 7) is 11.3. The maximum Gasteiger partial charge on any atom is 0.407 e. The van der Waals surface area contributed by atoms with E-state index in [-0.39, 0.29) is 31.8 Å². The van der Waals surface area contributed by atoms with Gasteiger partial charge in [-0.25, -0.2) is 17.9 Å². The molecule has 0 bridgehead atoms. The van der Waals surface area contributed by atoms with Crippen molar-refractivity contribution in [2.45, 2.75) is 91.1 Å². The van der Waals surface area contributed by atoms with Gasteiger partial charge in [0, 0.05) is 37.9 Å². The number of nitrogens with one attached hydrogen (secondary N) is 4. The van der Waals surface area contributed by atoms with E-state index in [1.165, 1.54) is 7.05 Å². The first kappa shape index (κ1) is 44.0. The molecule has 3 rings (SSSR count). The van der Waals surface area contributed by atoms with E-state index in [4.69, 9.17) is 0 Å². The van der Waals surface area contributed by atoms with Crippen molar-refractivity contribution >= 4 is 27.9 Å². The second-order valence-electron chi connectivity index (χ2n) is 16.0. The molecule has 0 aliphatic carbocycles. The normalized spacial score (nSPS) is 15.0. The number of sulfonamides is 1. The molecule has 1 heterocycles. The second kappa shape index (κ2) is 19.3. The van der Waals surface area contributed by atoms with Crippen LogP contribution in [0.15, 0.2) is 79.0 Å². The Morgan fingerprint density at radius 1 is 0.796 bits per heavy atom. The van der Waals surface area contributed by atoms with Gasteiger partial charge < -0.3 is 26.2 Å². The molecule has 5 atom stereocenters. The topological polar surface area (TPSA) is 190 Å². The zero-order valence-electron chi connectivity index (χ0n) is 32.7. The molecule has 54 heavy (non-hydrogen) atoms. The van der Waals surface area contributed by atoms with Crippen molar-refractivity contribution in [1.82, 2.24) is 30.6 Å². The molecule has 0 aliphatic rings. The van der Waals surface area contributed by atoms with Gasteiger partial charge in [0.1, 0.15) is 6.04 Å². The number of hydrogen-bond donors (Lipinski definition) is 6. The number of aromatic nitrogens is 1. The molecular formula is C40H58N6O7S. The zero-order valence-corrected chi connectivity index (χ0v) is 33.5. The van der Waals surface area contributed by atoms with E-state index >= 15 is 0 Å². The molecule has 14 heteroatoms. The standard InChI is InChI=1S/C40H58N6O7S/c1-39(2,3)34(42-22-23-43-54(8,52)53)36(48)45-32(25-27-14-10-9-11-15-27)33(47)26-30(44-37(49)35(40(4,5)6)46(7)38(50)51)24-28-17-19-29(20-18-28)31-16-12-13-21-41-31/h9-21,30,32-35,42-43,47H,22-26H2,1-8H3,(H,44,49)(H,45,48)(H,50,51)/t30-,32+,33+,34-,35-/m1/s1. The van der Waals surface area contributed by atoms with Crippen LogP contribution in [0.3, 0.4) is 0 Å². The number of carboxylic acid groups (broad SMARTS) is 1. The maximum absolute atomic E-state index is 14.0. The number of hydrogen-bond acceptors (Lipinski definition) is 8. The van der Waals surface area contributed by atoms with Crippen molar-refractivity contribution in [3.63, 3.8) is 0 Å². The predicted molar refractivity (Wildman–Crippen MR) is 211 cm³/mol. The number of nitrogens with zero attached hydrogens (tertiary/aromatic N) is 2. The van der Waals surface area contributed by atoms with Crippen LogP contribution < -0.4 is 20.7 Å². The molecule has 3 aromatic rings. The maximum atomic E-state index is 14.0. The lowest BCUT2D eigenvalue weighted by molar-refractivity contribution is -0.130. The average Bonchev–Trinajstić information content (AvgIpc) is 3.07. The number of rotatable bonds is 18. The predicted octanol–water partition coefficient (Wildman–Crippen LogP) is 3.83. The summed E-state index contributed by atoms with van der Waals surface area (Å²) in [5.74, 6) is -0.874. The third-order valence-electron chi connectivity index (χ3n) is 9.08. The number of carbonyl (C=O) groups is 3. The van der Waals surface area contributed by atoms with E-state index in [0.717, 1.165) is 33.5 Å². The van der Waals surface area contributed by atoms with E-state index in [0.29, 0.717) is 6.42 Å². The van der Waals surface area contributed by atoms with Gasteiger partial charge in [-0.1, -0.05) is 102 Å². The molecule has 0 spiro atoms. The number of pyridine rings is 1. The summed E-state index contributed by atoms with van der Waals surface area (Å²) in [5, 5.41) is 31.1. The molecular weight excluding hydrogens is 709 g/mol. The highest BCUT2D eigenvalue weighted by atomic mass is 32.2. The van der Waals surface area contributed by atoms with E-state index in [1.807, 2.05) is 93.6 Å². The summed E-state index contributed by atoms with van der Waals surface area (Å²) in [6, 6.07) is 19.6. The highest BCUT2D eigenvalue weighted by Crippen LogP contribution is 2.26. The van der Waals surface area contributed by atoms with Crippen molar-refractivity contribution in [3.8, 4) is 11.3 Å². The molecule has 0 saturated carbocycles. The SMILES string of the molecule is CN(C(=O)O)[C@H](C(=O)N[C@H](Cc1ccc(-c2ccccn2)cc1)C[C@H](O)[C@H](Cc1ccccc1)NC(=O)[C@@H](NCCNS(C)(=O)=O)C(C)(C)C)C(C)(C)C. The summed E-state index contributed by atoms with van der Waals surface area (Å²) in [7, 11) is -2.05. The number of amides is 3. The third-order valence-corrected chi connectivity index (χ3v) is 9.81.